The van der Waals surface area contributed by atoms with Crippen molar-refractivity contribution in [2.45, 2.75) is 62.3 Å². The van der Waals surface area contributed by atoms with Crippen LogP contribution in [0.3, 0.4) is 0 Å². The molecule has 0 radical (unpaired) electrons. The Morgan fingerprint density at radius 1 is 0.629 bits per heavy atom. The van der Waals surface area contributed by atoms with E-state index in [1.165, 1.54) is 64.1 Å². The van der Waals surface area contributed by atoms with Gasteiger partial charge >= 0.3 is 37.5 Å². The van der Waals surface area contributed by atoms with E-state index in [1.807, 2.05) is 25.9 Å². The van der Waals surface area contributed by atoms with Crippen molar-refractivity contribution in [2.24, 2.45) is 7.05 Å². The molecule has 10 rings (SSSR count). The lowest BCUT2D eigenvalue weighted by atomic mass is 10.5. The maximum atomic E-state index is 10.3. The topological polar surface area (TPSA) is 441 Å². The number of hydrogen-bond donors (Lipinski definition) is 11. The highest BCUT2D eigenvalue weighted by molar-refractivity contribution is 7.09. The lowest BCUT2D eigenvalue weighted by Gasteiger charge is -1.80. The molecular weight excluding hydrogens is 1020 g/mol. The van der Waals surface area contributed by atoms with Crippen molar-refractivity contribution in [3.63, 3.8) is 0 Å². The van der Waals surface area contributed by atoms with Crippen LogP contribution in [0, 0.1) is 62.3 Å². The van der Waals surface area contributed by atoms with Gasteiger partial charge in [-0.3, -0.25) is 43.4 Å². The first kappa shape index (κ1) is 59.9. The van der Waals surface area contributed by atoms with Crippen LogP contribution in [0.25, 0.3) is 0 Å². The van der Waals surface area contributed by atoms with E-state index in [2.05, 4.69) is 83.3 Å². The number of aryl methyl sites for hydroxylation is 10. The molecule has 0 spiro atoms. The van der Waals surface area contributed by atoms with Crippen LogP contribution in [-0.2, 0) is 7.05 Å². The number of nitrogens with one attached hydrogen (secondary N) is 9. The second-order valence-electron chi connectivity index (χ2n) is 12.5. The summed E-state index contributed by atoms with van der Waals surface area (Å²) in [6.45, 7) is 15.8. The third-order valence-corrected chi connectivity index (χ3v) is 9.92. The van der Waals surface area contributed by atoms with Gasteiger partial charge in [-0.05, 0) is 60.0 Å². The maximum Gasteiger partial charge on any atom is 0.434 e. The third kappa shape index (κ3) is 30.3. The molecule has 0 aliphatic rings. The van der Waals surface area contributed by atoms with Gasteiger partial charge in [-0.2, -0.15) is 25.3 Å². The Balaban J connectivity index is 0.000000389. The number of oxazole rings is 1. The van der Waals surface area contributed by atoms with Crippen LogP contribution in [0.4, 0.5) is 0 Å². The van der Waals surface area contributed by atoms with Crippen LogP contribution in [-0.4, -0.2) is 90.0 Å². The molecule has 10 aromatic rings. The minimum Gasteiger partial charge on any atom is -0.504 e. The summed E-state index contributed by atoms with van der Waals surface area (Å²) in [6, 6.07) is 1.47. The minimum atomic E-state index is -0.502. The number of aromatic hydroxyl groups is 2. The summed E-state index contributed by atoms with van der Waals surface area (Å²) in [5, 5.41) is 46.9. The summed E-state index contributed by atoms with van der Waals surface area (Å²) in [6.07, 6.45) is 4.42. The van der Waals surface area contributed by atoms with Crippen LogP contribution in [0.5, 0.6) is 11.6 Å². The van der Waals surface area contributed by atoms with Crippen LogP contribution < -0.4 is 43.1 Å². The van der Waals surface area contributed by atoms with Gasteiger partial charge in [0.05, 0.1) is 28.0 Å². The Bertz CT molecular complexity index is 2810. The molecule has 10 heterocycles. The fourth-order valence-corrected chi connectivity index (χ4v) is 5.89. The largest absolute Gasteiger partial charge is 0.504 e. The molecule has 0 amide bonds. The molecular formula is C36H48N16O13S5. The molecule has 0 aliphatic carbocycles. The fourth-order valence-electron chi connectivity index (χ4n) is 3.43. The molecule has 29 nitrogen and oxygen atoms in total. The van der Waals surface area contributed by atoms with E-state index in [0.29, 0.717) is 17.5 Å². The van der Waals surface area contributed by atoms with Crippen molar-refractivity contribution < 1.29 is 23.6 Å². The molecule has 34 heteroatoms. The molecule has 0 atom stereocenters. The van der Waals surface area contributed by atoms with Crippen molar-refractivity contribution in [1.29, 1.82) is 0 Å². The van der Waals surface area contributed by atoms with Crippen LogP contribution >= 0.6 is 56.9 Å². The first-order valence-electron chi connectivity index (χ1n) is 18.9. The molecule has 0 unspecified atom stereocenters. The highest BCUT2D eigenvalue weighted by atomic mass is 32.1. The molecule has 70 heavy (non-hydrogen) atoms. The van der Waals surface area contributed by atoms with Crippen molar-refractivity contribution in [3.05, 3.63) is 172 Å². The SMILES string of the molecule is Cc1[nH]ncc1O.Cc1coc(=O)[nH]1.Cc1csc(=O)[nH]1.Cc1csc(=O)[nH]1.Cc1n[nH]c(=O)o1.Cc1n[nH]c(=O)s1.Cc1nc(=O)[nH]o1.Cc1nc(=O)[nH]s1.Cc1nc(O)cs1.Cn1ccc(=O)[nH]1. The predicted octanol–water partition coefficient (Wildman–Crippen LogP) is 2.68. The second-order valence-corrected chi connectivity index (χ2v) is 17.5. The minimum absolute atomic E-state index is 0.0255. The van der Waals surface area contributed by atoms with Gasteiger partial charge in [-0.25, -0.2) is 34.4 Å². The van der Waals surface area contributed by atoms with E-state index in [1.54, 1.807) is 75.6 Å². The summed E-state index contributed by atoms with van der Waals surface area (Å²) < 4.78 is 17.2. The smallest absolute Gasteiger partial charge is 0.434 e. The molecule has 11 N–H and O–H groups in total. The van der Waals surface area contributed by atoms with Crippen LogP contribution in [0.1, 0.15) is 49.6 Å². The Labute approximate surface area is 411 Å². The van der Waals surface area contributed by atoms with Crippen molar-refractivity contribution in [3.8, 4) is 11.6 Å². The van der Waals surface area contributed by atoms with Gasteiger partial charge in [-0.1, -0.05) is 34.0 Å². The normalized spacial score (nSPS) is 9.29. The number of H-pyrrole nitrogens is 9. The molecule has 0 saturated heterocycles. The van der Waals surface area contributed by atoms with Crippen LogP contribution in [0.15, 0.2) is 92.6 Å². The van der Waals surface area contributed by atoms with E-state index in [-0.39, 0.29) is 37.5 Å². The van der Waals surface area contributed by atoms with Crippen molar-refractivity contribution in [1.82, 2.24) is 79.8 Å². The van der Waals surface area contributed by atoms with E-state index in [9.17, 15) is 38.4 Å². The van der Waals surface area contributed by atoms with Crippen molar-refractivity contribution >= 4 is 56.9 Å². The monoisotopic (exact) mass is 1070 g/mol. The molecule has 0 aliphatic heterocycles. The first-order valence-corrected chi connectivity index (χ1v) is 23.2. The van der Waals surface area contributed by atoms with E-state index >= 15 is 0 Å². The third-order valence-electron chi connectivity index (χ3n) is 6.25. The zero-order valence-corrected chi connectivity index (χ0v) is 42.7. The molecule has 380 valence electrons. The van der Waals surface area contributed by atoms with Gasteiger partial charge in [0.1, 0.15) is 16.3 Å². The Morgan fingerprint density at radius 3 is 1.40 bits per heavy atom. The van der Waals surface area contributed by atoms with Gasteiger partial charge < -0.3 is 33.5 Å². The lowest BCUT2D eigenvalue weighted by Crippen LogP contribution is -1.99. The molecule has 10 aromatic heterocycles. The summed E-state index contributed by atoms with van der Waals surface area (Å²) in [5.41, 5.74) is 2.61. The number of aromatic amines is 9. The number of aromatic nitrogens is 16. The zero-order chi connectivity index (χ0) is 52.8. The van der Waals surface area contributed by atoms with E-state index < -0.39 is 17.2 Å². The molecule has 0 aromatic carbocycles. The Kier molecular flexibility index (Phi) is 27.9. The Hall–Kier alpha value is -8.08. The van der Waals surface area contributed by atoms with Crippen molar-refractivity contribution in [2.75, 3.05) is 0 Å². The van der Waals surface area contributed by atoms with Crippen LogP contribution in [0.2, 0.25) is 0 Å². The quantitative estimate of drug-likeness (QED) is 0.104. The van der Waals surface area contributed by atoms with Gasteiger partial charge in [-0.15, -0.1) is 16.4 Å². The van der Waals surface area contributed by atoms with E-state index in [4.69, 9.17) is 10.2 Å². The molecule has 0 fully saturated rings. The van der Waals surface area contributed by atoms with Gasteiger partial charge in [0.15, 0.2) is 5.75 Å². The van der Waals surface area contributed by atoms with Gasteiger partial charge in [0, 0.05) is 55.3 Å². The first-order chi connectivity index (χ1) is 32.9. The summed E-state index contributed by atoms with van der Waals surface area (Å²) in [4.78, 5) is 99.3. The Morgan fingerprint density at radius 2 is 1.27 bits per heavy atom. The highest BCUT2D eigenvalue weighted by Gasteiger charge is 1.92. The highest BCUT2D eigenvalue weighted by Crippen LogP contribution is 2.12. The average molecular weight is 1070 g/mol. The maximum absolute atomic E-state index is 10.3. The van der Waals surface area contributed by atoms with E-state index in [0.717, 1.165) is 43.4 Å². The number of hydrogen-bond acceptors (Lipinski definition) is 24. The number of thiazole rings is 3. The van der Waals surface area contributed by atoms with Gasteiger partial charge in [0.2, 0.25) is 17.7 Å². The number of nitrogens with zero attached hydrogens (tertiary/aromatic N) is 7. The average Bonchev–Trinajstić information content (AvgIpc) is 4.15. The summed E-state index contributed by atoms with van der Waals surface area (Å²) >= 11 is 6.21. The fraction of sp³-hybridized carbons (Fsp3) is 0.278. The molecule has 0 saturated carbocycles. The lowest BCUT2D eigenvalue weighted by molar-refractivity contribution is 0.388. The van der Waals surface area contributed by atoms with Gasteiger partial charge in [0.25, 0.3) is 5.56 Å². The number of rotatable bonds is 0. The second kappa shape index (κ2) is 32.6. The predicted molar refractivity (Wildman–Crippen MR) is 262 cm³/mol. The molecule has 0 bridgehead atoms. The summed E-state index contributed by atoms with van der Waals surface area (Å²) in [5.74, 6) is 0.188. The standard InChI is InChI=1S/2C4H6N2O.C4H5NO2.3C4H5NOS.2C3H4N2O2.2C3H4N2OS/c1-6-3-2-4(7)5-6;1-3-4(7)2-5-6-3;1-3-2-7-4(6)5-3;1-3-5-4(6)2-7-3;2*1-3-2-7-4(6)5-3;1-2-4-5-3(6)7-2;1-2-4-3(6)5-7-2;1-2-4-5-3(6)7-2;1-2-4-3(6)5-7-2/h2-3H,1H3,(H,5,7);2,7H,1H3,(H,5,6);2H,1H3,(H,5,6);2,6H,1H3;2*2H,1H3,(H,5,6);4*1H3,(H,5,6). The summed E-state index contributed by atoms with van der Waals surface area (Å²) in [7, 11) is 1.77. The zero-order valence-electron chi connectivity index (χ0n) is 38.6.